The summed E-state index contributed by atoms with van der Waals surface area (Å²) in [7, 11) is 1.55. The van der Waals surface area contributed by atoms with Crippen molar-refractivity contribution in [2.45, 2.75) is 6.92 Å². The molecular weight excluding hydrogens is 420 g/mol. The van der Waals surface area contributed by atoms with Gasteiger partial charge in [0.25, 0.3) is 5.91 Å². The molecule has 0 saturated heterocycles. The highest BCUT2D eigenvalue weighted by Crippen LogP contribution is 2.40. The van der Waals surface area contributed by atoms with Gasteiger partial charge >= 0.3 is 11.9 Å². The minimum absolute atomic E-state index is 0.210. The zero-order valence-electron chi connectivity index (χ0n) is 16.4. The van der Waals surface area contributed by atoms with Crippen molar-refractivity contribution in [2.24, 2.45) is 0 Å². The summed E-state index contributed by atoms with van der Waals surface area (Å²) in [6.45, 7) is 1.81. The molecule has 0 aliphatic heterocycles. The van der Waals surface area contributed by atoms with Gasteiger partial charge in [0.2, 0.25) is 0 Å². The topological polar surface area (TPSA) is 137 Å². The van der Waals surface area contributed by atoms with E-state index in [1.807, 2.05) is 6.92 Å². The first-order valence-electron chi connectivity index (χ1n) is 8.86. The summed E-state index contributed by atoms with van der Waals surface area (Å²) in [4.78, 5) is 36.2. The minimum Gasteiger partial charge on any atom is -0.497 e. The van der Waals surface area contributed by atoms with Crippen molar-refractivity contribution >= 4 is 34.2 Å². The third-order valence-corrected chi connectivity index (χ3v) is 5.56. The Bertz CT molecular complexity index is 1240. The molecule has 31 heavy (non-hydrogen) atoms. The number of hydrogen-bond donors (Lipinski definition) is 3. The summed E-state index contributed by atoms with van der Waals surface area (Å²) in [6.07, 6.45) is 0. The van der Waals surface area contributed by atoms with E-state index in [1.165, 1.54) is 11.3 Å². The highest BCUT2D eigenvalue weighted by molar-refractivity contribution is 7.17. The third kappa shape index (κ3) is 4.24. The molecule has 8 nitrogen and oxygen atoms in total. The van der Waals surface area contributed by atoms with Gasteiger partial charge in [-0.1, -0.05) is 12.1 Å². The van der Waals surface area contributed by atoms with E-state index < -0.39 is 23.4 Å². The van der Waals surface area contributed by atoms with Gasteiger partial charge in [-0.15, -0.1) is 11.3 Å². The summed E-state index contributed by atoms with van der Waals surface area (Å²) in [6, 6.07) is 12.4. The molecule has 2 aromatic carbocycles. The van der Waals surface area contributed by atoms with Crippen molar-refractivity contribution < 1.29 is 29.3 Å². The Morgan fingerprint density at radius 3 is 2.26 bits per heavy atom. The number of amides is 1. The summed E-state index contributed by atoms with van der Waals surface area (Å²) in [5.74, 6) is -2.84. The van der Waals surface area contributed by atoms with E-state index in [0.717, 1.165) is 28.6 Å². The molecular formula is C22H16N2O6S. The van der Waals surface area contributed by atoms with Gasteiger partial charge in [-0.05, 0) is 42.8 Å². The smallest absolute Gasteiger partial charge is 0.336 e. The number of aromatic carboxylic acids is 2. The lowest BCUT2D eigenvalue weighted by Gasteiger charge is -2.08. The van der Waals surface area contributed by atoms with Crippen LogP contribution in [0.1, 0.15) is 41.5 Å². The lowest BCUT2D eigenvalue weighted by Crippen LogP contribution is -2.17. The van der Waals surface area contributed by atoms with E-state index in [1.54, 1.807) is 31.4 Å². The molecule has 3 rings (SSSR count). The van der Waals surface area contributed by atoms with Gasteiger partial charge in [0.05, 0.1) is 29.4 Å². The number of thiophene rings is 1. The number of nitrogens with zero attached hydrogens (tertiary/aromatic N) is 1. The highest BCUT2D eigenvalue weighted by atomic mass is 32.1. The van der Waals surface area contributed by atoms with Crippen LogP contribution in [0.25, 0.3) is 11.1 Å². The Balaban J connectivity index is 2.00. The number of aryl methyl sites for hydroxylation is 1. The predicted molar refractivity (Wildman–Crippen MR) is 114 cm³/mol. The zero-order valence-corrected chi connectivity index (χ0v) is 17.2. The van der Waals surface area contributed by atoms with Gasteiger partial charge in [-0.3, -0.25) is 4.79 Å². The Hall–Kier alpha value is -4.16. The Morgan fingerprint density at radius 2 is 1.71 bits per heavy atom. The van der Waals surface area contributed by atoms with Gasteiger partial charge in [0.1, 0.15) is 16.8 Å². The van der Waals surface area contributed by atoms with E-state index in [9.17, 15) is 24.8 Å². The maximum atomic E-state index is 12.8. The molecule has 0 unspecified atom stereocenters. The number of rotatable bonds is 6. The summed E-state index contributed by atoms with van der Waals surface area (Å²) >= 11 is 1.19. The first-order valence-corrected chi connectivity index (χ1v) is 9.68. The number of carboxylic acids is 2. The number of methoxy groups -OCH3 is 1. The van der Waals surface area contributed by atoms with Crippen molar-refractivity contribution in [1.29, 1.82) is 5.26 Å². The molecule has 0 atom stereocenters. The number of nitriles is 1. The van der Waals surface area contributed by atoms with E-state index >= 15 is 0 Å². The molecule has 3 aromatic rings. The molecule has 0 fully saturated rings. The number of carboxylic acid groups (broad SMARTS) is 2. The number of carbonyl (C=O) groups excluding carboxylic acids is 1. The number of ether oxygens (including phenoxy) is 1. The van der Waals surface area contributed by atoms with Crippen LogP contribution in [0.15, 0.2) is 42.5 Å². The van der Waals surface area contributed by atoms with E-state index in [0.29, 0.717) is 11.3 Å². The molecule has 0 saturated carbocycles. The predicted octanol–water partition coefficient (Wildman–Crippen LogP) is 4.25. The number of hydrogen-bond acceptors (Lipinski definition) is 6. The van der Waals surface area contributed by atoms with Gasteiger partial charge in [0, 0.05) is 10.4 Å². The van der Waals surface area contributed by atoms with Crippen molar-refractivity contribution in [3.05, 3.63) is 69.6 Å². The minimum atomic E-state index is -1.44. The fourth-order valence-electron chi connectivity index (χ4n) is 3.07. The number of benzene rings is 2. The molecule has 0 bridgehead atoms. The van der Waals surface area contributed by atoms with Crippen LogP contribution >= 0.6 is 11.3 Å². The van der Waals surface area contributed by atoms with E-state index in [2.05, 4.69) is 11.4 Å². The van der Waals surface area contributed by atoms with Crippen LogP contribution in [0.3, 0.4) is 0 Å². The molecule has 0 aliphatic carbocycles. The molecule has 156 valence electrons. The Labute approximate surface area is 181 Å². The fourth-order valence-corrected chi connectivity index (χ4v) is 4.09. The quantitative estimate of drug-likeness (QED) is 0.525. The summed E-state index contributed by atoms with van der Waals surface area (Å²) in [5.41, 5.74) is 0.771. The average Bonchev–Trinajstić information content (AvgIpc) is 3.07. The SMILES string of the molecule is COc1ccc(-c2c(C)sc(NC(=O)c3ccc(C(=O)O)cc3C(=O)O)c2C#N)cc1. The fraction of sp³-hybridized carbons (Fsp3) is 0.0909. The van der Waals surface area contributed by atoms with Crippen molar-refractivity contribution in [2.75, 3.05) is 12.4 Å². The Morgan fingerprint density at radius 1 is 1.03 bits per heavy atom. The molecule has 0 spiro atoms. The lowest BCUT2D eigenvalue weighted by molar-refractivity contribution is 0.0692. The molecule has 1 amide bonds. The maximum absolute atomic E-state index is 12.8. The van der Waals surface area contributed by atoms with Gasteiger partial charge in [0.15, 0.2) is 0 Å². The summed E-state index contributed by atoms with van der Waals surface area (Å²) in [5, 5.41) is 31.0. The monoisotopic (exact) mass is 436 g/mol. The standard InChI is InChI=1S/C22H16N2O6S/c1-11-18(12-3-6-14(30-2)7-4-12)17(10-23)20(31-11)24-19(25)15-8-5-13(21(26)27)9-16(15)22(28)29/h3-9H,1-2H3,(H,24,25)(H,26,27)(H,28,29). The second kappa shape index (κ2) is 8.69. The van der Waals surface area contributed by atoms with Gasteiger partial charge < -0.3 is 20.3 Å². The van der Waals surface area contributed by atoms with Crippen LogP contribution in [0, 0.1) is 18.3 Å². The molecule has 1 heterocycles. The zero-order chi connectivity index (χ0) is 22.7. The number of nitrogens with one attached hydrogen (secondary N) is 1. The Kier molecular flexibility index (Phi) is 6.04. The van der Waals surface area contributed by atoms with Crippen LogP contribution in [-0.2, 0) is 0 Å². The second-order valence-electron chi connectivity index (χ2n) is 6.40. The third-order valence-electron chi connectivity index (χ3n) is 4.54. The van der Waals surface area contributed by atoms with Crippen LogP contribution in [0.5, 0.6) is 5.75 Å². The molecule has 0 radical (unpaired) electrons. The largest absolute Gasteiger partial charge is 0.497 e. The maximum Gasteiger partial charge on any atom is 0.336 e. The van der Waals surface area contributed by atoms with Crippen LogP contribution < -0.4 is 10.1 Å². The van der Waals surface area contributed by atoms with Crippen molar-refractivity contribution in [3.8, 4) is 22.9 Å². The van der Waals surface area contributed by atoms with E-state index in [4.69, 9.17) is 9.84 Å². The van der Waals surface area contributed by atoms with Crippen LogP contribution in [0.4, 0.5) is 5.00 Å². The van der Waals surface area contributed by atoms with Gasteiger partial charge in [-0.25, -0.2) is 9.59 Å². The van der Waals surface area contributed by atoms with E-state index in [-0.39, 0.29) is 21.7 Å². The lowest BCUT2D eigenvalue weighted by atomic mass is 10.0. The first kappa shape index (κ1) is 21.5. The molecule has 1 aromatic heterocycles. The first-order chi connectivity index (χ1) is 14.8. The number of carbonyl (C=O) groups is 3. The number of anilines is 1. The highest BCUT2D eigenvalue weighted by Gasteiger charge is 2.23. The molecule has 0 aliphatic rings. The van der Waals surface area contributed by atoms with Crippen molar-refractivity contribution in [3.63, 3.8) is 0 Å². The van der Waals surface area contributed by atoms with Crippen LogP contribution in [-0.4, -0.2) is 35.2 Å². The normalized spacial score (nSPS) is 10.2. The van der Waals surface area contributed by atoms with Crippen LogP contribution in [0.2, 0.25) is 0 Å². The summed E-state index contributed by atoms with van der Waals surface area (Å²) < 4.78 is 5.15. The second-order valence-corrected chi connectivity index (χ2v) is 7.63. The van der Waals surface area contributed by atoms with Crippen molar-refractivity contribution in [1.82, 2.24) is 0 Å². The molecule has 9 heteroatoms. The average molecular weight is 436 g/mol. The van der Waals surface area contributed by atoms with Gasteiger partial charge in [-0.2, -0.15) is 5.26 Å². The molecule has 3 N–H and O–H groups in total.